The van der Waals surface area contributed by atoms with Crippen molar-refractivity contribution in [3.63, 3.8) is 0 Å². The number of nitrogens with one attached hydrogen (secondary N) is 1. The minimum atomic E-state index is 0.152. The molecule has 2 rings (SSSR count). The summed E-state index contributed by atoms with van der Waals surface area (Å²) in [6.07, 6.45) is 1.08. The van der Waals surface area contributed by atoms with Gasteiger partial charge in [-0.2, -0.15) is 0 Å². The number of rotatable bonds is 4. The summed E-state index contributed by atoms with van der Waals surface area (Å²) in [6.45, 7) is 9.78. The molecule has 0 fully saturated rings. The van der Waals surface area contributed by atoms with Gasteiger partial charge in [0.15, 0.2) is 0 Å². The second-order valence-corrected chi connectivity index (χ2v) is 6.96. The lowest BCUT2D eigenvalue weighted by molar-refractivity contribution is 0.415. The van der Waals surface area contributed by atoms with Crippen molar-refractivity contribution < 1.29 is 4.74 Å². The normalized spacial score (nSPS) is 12.1. The third kappa shape index (κ3) is 3.28. The van der Waals surface area contributed by atoms with E-state index in [9.17, 15) is 0 Å². The Morgan fingerprint density at radius 2 is 2.00 bits per heavy atom. The number of aryl methyl sites for hydroxylation is 1. The number of fused-ring (bicyclic) bond motifs is 1. The molecule has 0 unspecified atom stereocenters. The first-order valence-corrected chi connectivity index (χ1v) is 7.59. The Hall–Kier alpha value is -1.06. The first kappa shape index (κ1) is 14.4. The van der Waals surface area contributed by atoms with Gasteiger partial charge >= 0.3 is 0 Å². The molecule has 1 aromatic heterocycles. The zero-order valence-electron chi connectivity index (χ0n) is 12.5. The minimum absolute atomic E-state index is 0.152. The molecule has 3 heteroatoms. The fourth-order valence-corrected chi connectivity index (χ4v) is 3.45. The summed E-state index contributed by atoms with van der Waals surface area (Å²) < 4.78 is 6.63. The number of ether oxygens (including phenoxy) is 1. The summed E-state index contributed by atoms with van der Waals surface area (Å²) in [5, 5.41) is 4.96. The molecule has 0 atom stereocenters. The van der Waals surface area contributed by atoms with Crippen molar-refractivity contribution in [1.82, 2.24) is 5.32 Å². The summed E-state index contributed by atoms with van der Waals surface area (Å²) in [4.78, 5) is 1.45. The van der Waals surface area contributed by atoms with Crippen LogP contribution >= 0.6 is 11.3 Å². The van der Waals surface area contributed by atoms with E-state index < -0.39 is 0 Å². The molecular weight excluding hydrogens is 254 g/mol. The van der Waals surface area contributed by atoms with E-state index in [4.69, 9.17) is 4.74 Å². The van der Waals surface area contributed by atoms with Crippen molar-refractivity contribution in [1.29, 1.82) is 0 Å². The highest BCUT2D eigenvalue weighted by Gasteiger charge is 2.14. The van der Waals surface area contributed by atoms with Gasteiger partial charge in [0.2, 0.25) is 0 Å². The lowest BCUT2D eigenvalue weighted by atomic mass is 10.1. The fourth-order valence-electron chi connectivity index (χ4n) is 2.18. The molecular formula is C16H23NOS. The van der Waals surface area contributed by atoms with Crippen LogP contribution in [0, 0.1) is 0 Å². The van der Waals surface area contributed by atoms with Crippen LogP contribution in [-0.4, -0.2) is 12.6 Å². The van der Waals surface area contributed by atoms with Crippen LogP contribution in [-0.2, 0) is 13.0 Å². The van der Waals surface area contributed by atoms with Gasteiger partial charge < -0.3 is 10.1 Å². The van der Waals surface area contributed by atoms with Crippen molar-refractivity contribution in [2.75, 3.05) is 7.11 Å². The summed E-state index contributed by atoms with van der Waals surface area (Å²) in [6, 6.07) is 6.37. The maximum atomic E-state index is 5.31. The lowest BCUT2D eigenvalue weighted by Gasteiger charge is -2.20. The van der Waals surface area contributed by atoms with Gasteiger partial charge in [-0.15, -0.1) is 11.3 Å². The highest BCUT2D eigenvalue weighted by atomic mass is 32.1. The van der Waals surface area contributed by atoms with Gasteiger partial charge in [-0.3, -0.25) is 0 Å². The van der Waals surface area contributed by atoms with E-state index >= 15 is 0 Å². The summed E-state index contributed by atoms with van der Waals surface area (Å²) in [5.41, 5.74) is 1.62. The molecule has 104 valence electrons. The number of benzene rings is 1. The monoisotopic (exact) mass is 277 g/mol. The summed E-state index contributed by atoms with van der Waals surface area (Å²) >= 11 is 1.88. The van der Waals surface area contributed by atoms with E-state index in [2.05, 4.69) is 51.2 Å². The van der Waals surface area contributed by atoms with Crippen LogP contribution in [0.3, 0.4) is 0 Å². The van der Waals surface area contributed by atoms with E-state index in [-0.39, 0.29) is 5.54 Å². The van der Waals surface area contributed by atoms with E-state index in [0.717, 1.165) is 18.7 Å². The van der Waals surface area contributed by atoms with Crippen LogP contribution in [0.1, 0.15) is 38.1 Å². The average Bonchev–Trinajstić information content (AvgIpc) is 2.71. The van der Waals surface area contributed by atoms with Crippen molar-refractivity contribution in [3.8, 4) is 5.75 Å². The summed E-state index contributed by atoms with van der Waals surface area (Å²) in [5.74, 6) is 0.937. The number of hydrogen-bond acceptors (Lipinski definition) is 3. The molecule has 2 aromatic rings. The predicted octanol–water partition coefficient (Wildman–Crippen LogP) is 4.36. The number of methoxy groups -OCH3 is 1. The van der Waals surface area contributed by atoms with Crippen molar-refractivity contribution >= 4 is 21.4 Å². The largest absolute Gasteiger partial charge is 0.497 e. The zero-order valence-corrected chi connectivity index (χ0v) is 13.3. The molecule has 19 heavy (non-hydrogen) atoms. The Morgan fingerprint density at radius 1 is 1.26 bits per heavy atom. The number of thiophene rings is 1. The van der Waals surface area contributed by atoms with Crippen LogP contribution in [0.2, 0.25) is 0 Å². The fraction of sp³-hybridized carbons (Fsp3) is 0.500. The lowest BCUT2D eigenvalue weighted by Crippen LogP contribution is -2.35. The Bertz CT molecular complexity index is 566. The van der Waals surface area contributed by atoms with Crippen molar-refractivity contribution in [3.05, 3.63) is 28.6 Å². The second-order valence-electron chi connectivity index (χ2n) is 5.82. The topological polar surface area (TPSA) is 21.3 Å². The average molecular weight is 277 g/mol. The predicted molar refractivity (Wildman–Crippen MR) is 84.3 cm³/mol. The Labute approximate surface area is 119 Å². The molecule has 0 saturated carbocycles. The standard InChI is InChI=1S/C16H23NOS/c1-6-12-13-8-7-11(18-5)9-14(13)19-15(12)10-17-16(2,3)4/h7-9,17H,6,10H2,1-5H3. The SMILES string of the molecule is CCc1c(CNC(C)(C)C)sc2cc(OC)ccc12. The maximum absolute atomic E-state index is 5.31. The van der Waals surface area contributed by atoms with Gasteiger partial charge in [-0.25, -0.2) is 0 Å². The smallest absolute Gasteiger partial charge is 0.120 e. The van der Waals surface area contributed by atoms with Gasteiger partial charge in [-0.1, -0.05) is 6.92 Å². The maximum Gasteiger partial charge on any atom is 0.120 e. The van der Waals surface area contributed by atoms with Crippen molar-refractivity contribution in [2.24, 2.45) is 0 Å². The molecule has 1 aromatic carbocycles. The molecule has 1 N–H and O–H groups in total. The second kappa shape index (κ2) is 5.51. The van der Waals surface area contributed by atoms with Gasteiger partial charge in [0.1, 0.15) is 5.75 Å². The van der Waals surface area contributed by atoms with Crippen LogP contribution in [0.4, 0.5) is 0 Å². The van der Waals surface area contributed by atoms with Gasteiger partial charge in [0.05, 0.1) is 7.11 Å². The van der Waals surface area contributed by atoms with Crippen LogP contribution in [0.25, 0.3) is 10.1 Å². The van der Waals surface area contributed by atoms with E-state index in [1.54, 1.807) is 7.11 Å². The van der Waals surface area contributed by atoms with Crippen LogP contribution in [0.5, 0.6) is 5.75 Å². The van der Waals surface area contributed by atoms with Crippen molar-refractivity contribution in [2.45, 2.75) is 46.2 Å². The Morgan fingerprint density at radius 3 is 2.58 bits per heavy atom. The van der Waals surface area contributed by atoms with E-state index in [1.165, 1.54) is 20.5 Å². The summed E-state index contributed by atoms with van der Waals surface area (Å²) in [7, 11) is 1.72. The minimum Gasteiger partial charge on any atom is -0.497 e. The van der Waals surface area contributed by atoms with Gasteiger partial charge in [0, 0.05) is 21.7 Å². The van der Waals surface area contributed by atoms with Gasteiger partial charge in [0.25, 0.3) is 0 Å². The highest BCUT2D eigenvalue weighted by molar-refractivity contribution is 7.19. The van der Waals surface area contributed by atoms with Crippen LogP contribution in [0.15, 0.2) is 18.2 Å². The van der Waals surface area contributed by atoms with E-state index in [0.29, 0.717) is 0 Å². The Kier molecular flexibility index (Phi) is 4.16. The third-order valence-corrected chi connectivity index (χ3v) is 4.41. The molecule has 0 saturated heterocycles. The Balaban J connectivity index is 2.37. The number of hydrogen-bond donors (Lipinski definition) is 1. The molecule has 1 heterocycles. The third-order valence-electron chi connectivity index (χ3n) is 3.22. The zero-order chi connectivity index (χ0) is 14.0. The molecule has 0 aliphatic carbocycles. The first-order valence-electron chi connectivity index (χ1n) is 6.78. The van der Waals surface area contributed by atoms with E-state index in [1.807, 2.05) is 11.3 Å². The quantitative estimate of drug-likeness (QED) is 0.896. The molecule has 0 aliphatic rings. The highest BCUT2D eigenvalue weighted by Crippen LogP contribution is 2.34. The molecule has 0 spiro atoms. The molecule has 2 nitrogen and oxygen atoms in total. The molecule has 0 aliphatic heterocycles. The van der Waals surface area contributed by atoms with Gasteiger partial charge in [-0.05, 0) is 56.3 Å². The molecule has 0 bridgehead atoms. The first-order chi connectivity index (χ1) is 8.94. The van der Waals surface area contributed by atoms with Crippen LogP contribution < -0.4 is 10.1 Å². The molecule has 0 radical (unpaired) electrons. The molecule has 0 amide bonds.